The first-order chi connectivity index (χ1) is 7.31. The van der Waals surface area contributed by atoms with E-state index in [9.17, 15) is 4.79 Å². The molecule has 1 aliphatic rings. The zero-order valence-corrected chi connectivity index (χ0v) is 9.60. The fourth-order valence-corrected chi connectivity index (χ4v) is 2.72. The molecule has 0 bridgehead atoms. The van der Waals surface area contributed by atoms with Gasteiger partial charge in [-0.25, -0.2) is 0 Å². The van der Waals surface area contributed by atoms with Crippen LogP contribution in [0.15, 0.2) is 11.4 Å². The molecule has 0 fully saturated rings. The van der Waals surface area contributed by atoms with E-state index in [2.05, 4.69) is 16.8 Å². The number of esters is 1. The maximum atomic E-state index is 11.5. The van der Waals surface area contributed by atoms with Crippen molar-refractivity contribution >= 4 is 17.3 Å². The normalized spacial score (nSPS) is 20.5. The summed E-state index contributed by atoms with van der Waals surface area (Å²) in [6.07, 6.45) is 1.82. The van der Waals surface area contributed by atoms with Crippen LogP contribution in [0.3, 0.4) is 0 Å². The van der Waals surface area contributed by atoms with Gasteiger partial charge in [-0.15, -0.1) is 11.3 Å². The van der Waals surface area contributed by atoms with Crippen molar-refractivity contribution in [3.63, 3.8) is 0 Å². The molecular formula is C11H15NO2S. The number of hydrogen-bond acceptors (Lipinski definition) is 4. The lowest BCUT2D eigenvalue weighted by molar-refractivity contribution is -0.145. The molecule has 0 aliphatic carbocycles. The number of nitrogens with one attached hydrogen (secondary N) is 1. The average Bonchev–Trinajstić information content (AvgIpc) is 2.58. The van der Waals surface area contributed by atoms with Crippen molar-refractivity contribution < 1.29 is 9.53 Å². The molecule has 1 aromatic rings. The van der Waals surface area contributed by atoms with Crippen LogP contribution in [-0.4, -0.2) is 18.6 Å². The van der Waals surface area contributed by atoms with Crippen molar-refractivity contribution in [3.05, 3.63) is 21.9 Å². The minimum atomic E-state index is -0.135. The maximum Gasteiger partial charge on any atom is 0.323 e. The molecule has 1 aliphatic heterocycles. The van der Waals surface area contributed by atoms with Crippen molar-refractivity contribution in [1.82, 2.24) is 5.32 Å². The summed E-state index contributed by atoms with van der Waals surface area (Å²) in [5.41, 5.74) is 1.33. The van der Waals surface area contributed by atoms with Gasteiger partial charge in [0.05, 0.1) is 6.61 Å². The van der Waals surface area contributed by atoms with Crippen LogP contribution in [0.2, 0.25) is 0 Å². The number of thiophene rings is 1. The van der Waals surface area contributed by atoms with E-state index < -0.39 is 0 Å². The Morgan fingerprint density at radius 2 is 2.60 bits per heavy atom. The van der Waals surface area contributed by atoms with Crippen LogP contribution in [0, 0.1) is 0 Å². The molecule has 0 spiro atoms. The van der Waals surface area contributed by atoms with E-state index in [0.717, 1.165) is 19.4 Å². The molecule has 3 nitrogen and oxygen atoms in total. The highest BCUT2D eigenvalue weighted by Crippen LogP contribution is 2.22. The highest BCUT2D eigenvalue weighted by atomic mass is 32.1. The van der Waals surface area contributed by atoms with E-state index in [0.29, 0.717) is 6.61 Å². The minimum absolute atomic E-state index is 0.118. The van der Waals surface area contributed by atoms with Gasteiger partial charge in [-0.05, 0) is 36.8 Å². The summed E-state index contributed by atoms with van der Waals surface area (Å²) in [5, 5.41) is 5.35. The molecule has 1 aromatic heterocycles. The fourth-order valence-electron chi connectivity index (χ4n) is 1.80. The molecule has 82 valence electrons. The van der Waals surface area contributed by atoms with Crippen LogP contribution in [0.5, 0.6) is 0 Å². The van der Waals surface area contributed by atoms with E-state index in [1.54, 1.807) is 11.3 Å². The monoisotopic (exact) mass is 225 g/mol. The predicted molar refractivity (Wildman–Crippen MR) is 59.9 cm³/mol. The molecule has 0 amide bonds. The van der Waals surface area contributed by atoms with E-state index in [4.69, 9.17) is 4.74 Å². The Labute approximate surface area is 93.4 Å². The summed E-state index contributed by atoms with van der Waals surface area (Å²) < 4.78 is 5.01. The third-order valence-corrected chi connectivity index (χ3v) is 3.63. The summed E-state index contributed by atoms with van der Waals surface area (Å²) in [6, 6.07) is 1.99. The summed E-state index contributed by atoms with van der Waals surface area (Å²) >= 11 is 1.77. The predicted octanol–water partition coefficient (Wildman–Crippen LogP) is 1.72. The smallest absolute Gasteiger partial charge is 0.323 e. The Kier molecular flexibility index (Phi) is 3.38. The van der Waals surface area contributed by atoms with Crippen LogP contribution in [0.4, 0.5) is 0 Å². The Hall–Kier alpha value is -0.870. The van der Waals surface area contributed by atoms with Gasteiger partial charge in [0.2, 0.25) is 0 Å². The standard InChI is InChI=1S/C11H15NO2S/c1-2-14-11(13)9-3-4-10-8(7-12-9)5-6-15-10/h5-6,9,12H,2-4,7H2,1H3. The van der Waals surface area contributed by atoms with Crippen LogP contribution in [-0.2, 0) is 22.5 Å². The molecule has 1 unspecified atom stereocenters. The quantitative estimate of drug-likeness (QED) is 0.779. The average molecular weight is 225 g/mol. The molecule has 4 heteroatoms. The molecule has 2 heterocycles. The van der Waals surface area contributed by atoms with Gasteiger partial charge in [-0.2, -0.15) is 0 Å². The third kappa shape index (κ3) is 2.38. The number of carbonyl (C=O) groups is 1. The summed E-state index contributed by atoms with van der Waals surface area (Å²) in [5.74, 6) is -0.118. The van der Waals surface area contributed by atoms with Gasteiger partial charge in [0.15, 0.2) is 0 Å². The maximum absolute atomic E-state index is 11.5. The van der Waals surface area contributed by atoms with Gasteiger partial charge in [0, 0.05) is 11.4 Å². The minimum Gasteiger partial charge on any atom is -0.465 e. The van der Waals surface area contributed by atoms with Crippen molar-refractivity contribution in [2.75, 3.05) is 6.61 Å². The van der Waals surface area contributed by atoms with Gasteiger partial charge in [-0.3, -0.25) is 4.79 Å². The SMILES string of the molecule is CCOC(=O)C1CCc2sccc2CN1. The van der Waals surface area contributed by atoms with Gasteiger partial charge < -0.3 is 10.1 Å². The lowest BCUT2D eigenvalue weighted by Gasteiger charge is -2.13. The molecule has 0 aromatic carbocycles. The first-order valence-electron chi connectivity index (χ1n) is 5.26. The zero-order chi connectivity index (χ0) is 10.7. The summed E-state index contributed by atoms with van der Waals surface area (Å²) in [4.78, 5) is 12.9. The second kappa shape index (κ2) is 4.77. The number of fused-ring (bicyclic) bond motifs is 1. The molecule has 0 radical (unpaired) electrons. The van der Waals surface area contributed by atoms with Crippen LogP contribution in [0.25, 0.3) is 0 Å². The Morgan fingerprint density at radius 3 is 3.40 bits per heavy atom. The van der Waals surface area contributed by atoms with Crippen LogP contribution in [0.1, 0.15) is 23.8 Å². The molecule has 1 N–H and O–H groups in total. The largest absolute Gasteiger partial charge is 0.465 e. The Bertz CT molecular complexity index is 326. The molecule has 2 rings (SSSR count). The molecular weight excluding hydrogens is 210 g/mol. The highest BCUT2D eigenvalue weighted by Gasteiger charge is 2.23. The zero-order valence-electron chi connectivity index (χ0n) is 8.79. The van der Waals surface area contributed by atoms with Gasteiger partial charge in [-0.1, -0.05) is 0 Å². The van der Waals surface area contributed by atoms with Crippen molar-refractivity contribution in [2.24, 2.45) is 0 Å². The van der Waals surface area contributed by atoms with Gasteiger partial charge >= 0.3 is 5.97 Å². The number of carbonyl (C=O) groups excluding carboxylic acids is 1. The fraction of sp³-hybridized carbons (Fsp3) is 0.545. The van der Waals surface area contributed by atoms with E-state index in [1.165, 1.54) is 10.4 Å². The number of rotatable bonds is 2. The van der Waals surface area contributed by atoms with Crippen molar-refractivity contribution in [2.45, 2.75) is 32.4 Å². The Balaban J connectivity index is 1.99. The van der Waals surface area contributed by atoms with Gasteiger partial charge in [0.25, 0.3) is 0 Å². The van der Waals surface area contributed by atoms with Gasteiger partial charge in [0.1, 0.15) is 6.04 Å². The number of ether oxygens (including phenoxy) is 1. The second-order valence-electron chi connectivity index (χ2n) is 3.59. The summed E-state index contributed by atoms with van der Waals surface area (Å²) in [6.45, 7) is 3.08. The topological polar surface area (TPSA) is 38.3 Å². The lowest BCUT2D eigenvalue weighted by atomic mass is 10.1. The van der Waals surface area contributed by atoms with Crippen molar-refractivity contribution in [1.29, 1.82) is 0 Å². The molecule has 0 saturated heterocycles. The van der Waals surface area contributed by atoms with Crippen LogP contribution < -0.4 is 5.32 Å². The van der Waals surface area contributed by atoms with E-state index in [1.807, 2.05) is 6.92 Å². The molecule has 1 atom stereocenters. The molecule has 15 heavy (non-hydrogen) atoms. The lowest BCUT2D eigenvalue weighted by Crippen LogP contribution is -2.36. The number of aryl methyl sites for hydroxylation is 1. The van der Waals surface area contributed by atoms with Crippen LogP contribution >= 0.6 is 11.3 Å². The first-order valence-corrected chi connectivity index (χ1v) is 6.14. The first kappa shape index (κ1) is 10.6. The van der Waals surface area contributed by atoms with E-state index >= 15 is 0 Å². The van der Waals surface area contributed by atoms with Crippen molar-refractivity contribution in [3.8, 4) is 0 Å². The Morgan fingerprint density at radius 1 is 1.73 bits per heavy atom. The number of hydrogen-bond donors (Lipinski definition) is 1. The second-order valence-corrected chi connectivity index (χ2v) is 4.59. The highest BCUT2D eigenvalue weighted by molar-refractivity contribution is 7.10. The third-order valence-electron chi connectivity index (χ3n) is 2.61. The molecule has 0 saturated carbocycles. The summed E-state index contributed by atoms with van der Waals surface area (Å²) in [7, 11) is 0. The van der Waals surface area contributed by atoms with E-state index in [-0.39, 0.29) is 12.0 Å².